The number of fused-ring (bicyclic) bond motifs is 1. The van der Waals surface area contributed by atoms with E-state index in [1.807, 2.05) is 24.3 Å². The van der Waals surface area contributed by atoms with Gasteiger partial charge in [0.1, 0.15) is 0 Å². The first kappa shape index (κ1) is 11.1. The van der Waals surface area contributed by atoms with Crippen LogP contribution in [0, 0.1) is 0 Å². The van der Waals surface area contributed by atoms with E-state index in [0.717, 1.165) is 36.0 Å². The van der Waals surface area contributed by atoms with Crippen LogP contribution in [0.3, 0.4) is 0 Å². The van der Waals surface area contributed by atoms with Gasteiger partial charge in [0.25, 0.3) is 0 Å². The first-order valence-electron chi connectivity index (χ1n) is 5.42. The molecule has 0 unspecified atom stereocenters. The molecule has 1 N–H and O–H groups in total. The van der Waals surface area contributed by atoms with Gasteiger partial charge in [0.2, 0.25) is 0 Å². The van der Waals surface area contributed by atoms with Gasteiger partial charge >= 0.3 is 0 Å². The molecule has 16 heavy (non-hydrogen) atoms. The Labute approximate surface area is 99.8 Å². The Morgan fingerprint density at radius 3 is 2.94 bits per heavy atom. The number of rotatable bonds is 5. The Morgan fingerprint density at radius 1 is 1.19 bits per heavy atom. The van der Waals surface area contributed by atoms with Crippen LogP contribution < -0.4 is 5.32 Å². The SMILES string of the molecule is ClCCCCNc1nncc2ccccc12. The summed E-state index contributed by atoms with van der Waals surface area (Å²) < 4.78 is 0. The molecule has 2 aromatic rings. The number of nitrogens with one attached hydrogen (secondary N) is 1. The third kappa shape index (κ3) is 2.61. The summed E-state index contributed by atoms with van der Waals surface area (Å²) in [5.74, 6) is 1.57. The number of nitrogens with zero attached hydrogens (tertiary/aromatic N) is 2. The molecule has 1 aromatic heterocycles. The Morgan fingerprint density at radius 2 is 2.06 bits per heavy atom. The van der Waals surface area contributed by atoms with Crippen molar-refractivity contribution in [2.45, 2.75) is 12.8 Å². The summed E-state index contributed by atoms with van der Waals surface area (Å²) in [6, 6.07) is 8.09. The molecule has 1 heterocycles. The molecule has 0 atom stereocenters. The van der Waals surface area contributed by atoms with Crippen molar-refractivity contribution < 1.29 is 0 Å². The normalized spacial score (nSPS) is 10.6. The summed E-state index contributed by atoms with van der Waals surface area (Å²) in [6.07, 6.45) is 3.85. The Kier molecular flexibility index (Phi) is 3.94. The van der Waals surface area contributed by atoms with Crippen molar-refractivity contribution in [3.8, 4) is 0 Å². The van der Waals surface area contributed by atoms with Crippen molar-refractivity contribution in [3.63, 3.8) is 0 Å². The van der Waals surface area contributed by atoms with Crippen LogP contribution in [0.25, 0.3) is 10.8 Å². The lowest BCUT2D eigenvalue weighted by Gasteiger charge is -2.06. The lowest BCUT2D eigenvalue weighted by Crippen LogP contribution is -2.04. The van der Waals surface area contributed by atoms with Crippen LogP contribution in [0.5, 0.6) is 0 Å². The van der Waals surface area contributed by atoms with Crippen LogP contribution in [-0.4, -0.2) is 22.6 Å². The molecule has 0 saturated carbocycles. The van der Waals surface area contributed by atoms with Gasteiger partial charge in [-0.1, -0.05) is 24.3 Å². The highest BCUT2D eigenvalue weighted by Gasteiger charge is 2.01. The second-order valence-corrected chi connectivity index (χ2v) is 3.98. The van der Waals surface area contributed by atoms with Crippen molar-refractivity contribution in [1.82, 2.24) is 10.2 Å². The molecule has 0 amide bonds. The van der Waals surface area contributed by atoms with Gasteiger partial charge in [0.15, 0.2) is 5.82 Å². The van der Waals surface area contributed by atoms with Gasteiger partial charge in [-0.15, -0.1) is 16.7 Å². The lowest BCUT2D eigenvalue weighted by molar-refractivity contribution is 0.833. The molecule has 1 aromatic carbocycles. The van der Waals surface area contributed by atoms with E-state index < -0.39 is 0 Å². The van der Waals surface area contributed by atoms with Crippen molar-refractivity contribution in [2.24, 2.45) is 0 Å². The zero-order chi connectivity index (χ0) is 11.2. The molecule has 2 rings (SSSR count). The predicted molar refractivity (Wildman–Crippen MR) is 68.0 cm³/mol. The average molecular weight is 236 g/mol. The summed E-state index contributed by atoms with van der Waals surface area (Å²) in [7, 11) is 0. The number of hydrogen-bond donors (Lipinski definition) is 1. The largest absolute Gasteiger partial charge is 0.368 e. The molecule has 0 spiro atoms. The fraction of sp³-hybridized carbons (Fsp3) is 0.333. The average Bonchev–Trinajstić information content (AvgIpc) is 2.35. The molecule has 84 valence electrons. The van der Waals surface area contributed by atoms with Crippen molar-refractivity contribution >= 4 is 28.2 Å². The molecule has 0 bridgehead atoms. The number of halogens is 1. The second-order valence-electron chi connectivity index (χ2n) is 3.60. The van der Waals surface area contributed by atoms with Gasteiger partial charge in [0, 0.05) is 23.2 Å². The molecule has 0 radical (unpaired) electrons. The van der Waals surface area contributed by atoms with E-state index in [4.69, 9.17) is 11.6 Å². The van der Waals surface area contributed by atoms with E-state index in [0.29, 0.717) is 5.88 Å². The van der Waals surface area contributed by atoms with E-state index in [1.54, 1.807) is 6.20 Å². The second kappa shape index (κ2) is 5.66. The quantitative estimate of drug-likeness (QED) is 0.639. The topological polar surface area (TPSA) is 37.8 Å². The van der Waals surface area contributed by atoms with E-state index in [-0.39, 0.29) is 0 Å². The molecule has 0 aliphatic carbocycles. The summed E-state index contributed by atoms with van der Waals surface area (Å²) in [5.41, 5.74) is 0. The smallest absolute Gasteiger partial charge is 0.156 e. The maximum atomic E-state index is 5.62. The van der Waals surface area contributed by atoms with E-state index in [2.05, 4.69) is 15.5 Å². The summed E-state index contributed by atoms with van der Waals surface area (Å²) >= 11 is 5.62. The minimum atomic E-state index is 0.711. The monoisotopic (exact) mass is 235 g/mol. The highest BCUT2D eigenvalue weighted by atomic mass is 35.5. The minimum absolute atomic E-state index is 0.711. The molecule has 0 aliphatic rings. The predicted octanol–water partition coefficient (Wildman–Crippen LogP) is 3.06. The molecular weight excluding hydrogens is 222 g/mol. The van der Waals surface area contributed by atoms with E-state index >= 15 is 0 Å². The zero-order valence-electron chi connectivity index (χ0n) is 8.99. The van der Waals surface area contributed by atoms with Crippen molar-refractivity contribution in [1.29, 1.82) is 0 Å². The van der Waals surface area contributed by atoms with E-state index in [9.17, 15) is 0 Å². The number of unbranched alkanes of at least 4 members (excludes halogenated alkanes) is 1. The Bertz CT molecular complexity index is 453. The van der Waals surface area contributed by atoms with Gasteiger partial charge in [-0.05, 0) is 12.8 Å². The number of hydrogen-bond acceptors (Lipinski definition) is 3. The van der Waals surface area contributed by atoms with Gasteiger partial charge in [-0.3, -0.25) is 0 Å². The Balaban J connectivity index is 2.11. The number of alkyl halides is 1. The standard InChI is InChI=1S/C12H14ClN3/c13-7-3-4-8-14-12-11-6-2-1-5-10(11)9-15-16-12/h1-2,5-6,9H,3-4,7-8H2,(H,14,16). The van der Waals surface area contributed by atoms with Crippen LogP contribution in [0.15, 0.2) is 30.5 Å². The van der Waals surface area contributed by atoms with Gasteiger partial charge in [-0.2, -0.15) is 5.10 Å². The van der Waals surface area contributed by atoms with Gasteiger partial charge in [-0.25, -0.2) is 0 Å². The van der Waals surface area contributed by atoms with Crippen LogP contribution in [0.2, 0.25) is 0 Å². The maximum Gasteiger partial charge on any atom is 0.156 e. The summed E-state index contributed by atoms with van der Waals surface area (Å²) in [5, 5.41) is 13.6. The number of aromatic nitrogens is 2. The van der Waals surface area contributed by atoms with Crippen LogP contribution >= 0.6 is 11.6 Å². The molecule has 0 fully saturated rings. The third-order valence-corrected chi connectivity index (χ3v) is 2.69. The molecule has 0 aliphatic heterocycles. The van der Waals surface area contributed by atoms with Crippen LogP contribution in [0.4, 0.5) is 5.82 Å². The first-order chi connectivity index (χ1) is 7.92. The highest BCUT2D eigenvalue weighted by Crippen LogP contribution is 2.18. The van der Waals surface area contributed by atoms with Crippen LogP contribution in [0.1, 0.15) is 12.8 Å². The van der Waals surface area contributed by atoms with Crippen molar-refractivity contribution in [3.05, 3.63) is 30.5 Å². The lowest BCUT2D eigenvalue weighted by atomic mass is 10.2. The fourth-order valence-corrected chi connectivity index (χ4v) is 1.77. The minimum Gasteiger partial charge on any atom is -0.368 e. The van der Waals surface area contributed by atoms with Gasteiger partial charge < -0.3 is 5.32 Å². The number of benzene rings is 1. The molecule has 4 heteroatoms. The maximum absolute atomic E-state index is 5.62. The molecule has 3 nitrogen and oxygen atoms in total. The highest BCUT2D eigenvalue weighted by molar-refractivity contribution is 6.17. The number of anilines is 1. The fourth-order valence-electron chi connectivity index (χ4n) is 1.58. The first-order valence-corrected chi connectivity index (χ1v) is 5.95. The summed E-state index contributed by atoms with van der Waals surface area (Å²) in [4.78, 5) is 0. The Hall–Kier alpha value is -1.35. The zero-order valence-corrected chi connectivity index (χ0v) is 9.74. The molecular formula is C12H14ClN3. The summed E-state index contributed by atoms with van der Waals surface area (Å²) in [6.45, 7) is 0.884. The van der Waals surface area contributed by atoms with E-state index in [1.165, 1.54) is 0 Å². The van der Waals surface area contributed by atoms with Gasteiger partial charge in [0.05, 0.1) is 6.20 Å². The third-order valence-electron chi connectivity index (χ3n) is 2.42. The van der Waals surface area contributed by atoms with Crippen molar-refractivity contribution in [2.75, 3.05) is 17.7 Å². The van der Waals surface area contributed by atoms with Crippen LogP contribution in [-0.2, 0) is 0 Å². The molecule has 0 saturated heterocycles.